The molecule has 0 saturated heterocycles. The average Bonchev–Trinajstić information content (AvgIpc) is 2.22. The molecule has 0 fully saturated rings. The van der Waals surface area contributed by atoms with Crippen LogP contribution < -0.4 is 10.6 Å². The van der Waals surface area contributed by atoms with Crippen molar-refractivity contribution in [2.45, 2.75) is 26.2 Å². The third kappa shape index (κ3) is 4.25. The van der Waals surface area contributed by atoms with Crippen molar-refractivity contribution in [3.8, 4) is 0 Å². The predicted octanol–water partition coefficient (Wildman–Crippen LogP) is 2.30. The number of nitrogens with one attached hydrogen (secondary N) is 2. The first-order chi connectivity index (χ1) is 7.24. The molecule has 0 saturated carbocycles. The van der Waals surface area contributed by atoms with Gasteiger partial charge in [0, 0.05) is 17.8 Å². The van der Waals surface area contributed by atoms with Gasteiger partial charge in [-0.3, -0.25) is 0 Å². The standard InChI is InChI=1S/C11H16N2OS/c1-2-3-8-12-11(14)13-9-6-4-5-7-10(9)15/h4-6H,2-3,7-8H2,1H3,(H2,12,13,14). The third-order valence-electron chi connectivity index (χ3n) is 2.07. The maximum absolute atomic E-state index is 11.4. The molecule has 82 valence electrons. The summed E-state index contributed by atoms with van der Waals surface area (Å²) in [7, 11) is 0. The number of hydrogen-bond acceptors (Lipinski definition) is 2. The molecular formula is C11H16N2OS. The summed E-state index contributed by atoms with van der Waals surface area (Å²) in [6, 6.07) is -0.174. The summed E-state index contributed by atoms with van der Waals surface area (Å²) in [5.74, 6) is 0. The van der Waals surface area contributed by atoms with Crippen LogP contribution >= 0.6 is 12.2 Å². The highest BCUT2D eigenvalue weighted by Gasteiger charge is 2.09. The monoisotopic (exact) mass is 224 g/mol. The molecule has 2 amide bonds. The maximum atomic E-state index is 11.4. The van der Waals surface area contributed by atoms with Crippen LogP contribution in [0, 0.1) is 0 Å². The van der Waals surface area contributed by atoms with E-state index in [9.17, 15) is 4.79 Å². The van der Waals surface area contributed by atoms with Crippen molar-refractivity contribution in [3.63, 3.8) is 0 Å². The summed E-state index contributed by atoms with van der Waals surface area (Å²) in [5.41, 5.74) is 0.737. The number of rotatable bonds is 4. The lowest BCUT2D eigenvalue weighted by Gasteiger charge is -2.12. The first kappa shape index (κ1) is 11.9. The number of allylic oxidation sites excluding steroid dienone is 4. The molecule has 1 aliphatic rings. The van der Waals surface area contributed by atoms with Crippen molar-refractivity contribution < 1.29 is 4.79 Å². The Hall–Kier alpha value is -1.16. The molecule has 0 atom stereocenters. The van der Waals surface area contributed by atoms with Crippen LogP contribution in [0.25, 0.3) is 0 Å². The minimum atomic E-state index is -0.174. The Bertz CT molecular complexity index is 308. The topological polar surface area (TPSA) is 41.1 Å². The summed E-state index contributed by atoms with van der Waals surface area (Å²) in [5, 5.41) is 5.52. The number of unbranched alkanes of at least 4 members (excludes halogenated alkanes) is 1. The van der Waals surface area contributed by atoms with Crippen molar-refractivity contribution in [1.82, 2.24) is 10.6 Å². The van der Waals surface area contributed by atoms with Gasteiger partial charge in [-0.15, -0.1) is 0 Å². The number of carbonyl (C=O) groups excluding carboxylic acids is 1. The van der Waals surface area contributed by atoms with Gasteiger partial charge < -0.3 is 10.6 Å². The number of carbonyl (C=O) groups is 1. The van der Waals surface area contributed by atoms with Gasteiger partial charge in [-0.1, -0.05) is 37.7 Å². The van der Waals surface area contributed by atoms with Crippen LogP contribution in [0.2, 0.25) is 0 Å². The highest BCUT2D eigenvalue weighted by molar-refractivity contribution is 7.80. The summed E-state index contributed by atoms with van der Waals surface area (Å²) in [4.78, 5) is 12.2. The zero-order chi connectivity index (χ0) is 11.1. The second-order valence-electron chi connectivity index (χ2n) is 3.37. The molecule has 15 heavy (non-hydrogen) atoms. The van der Waals surface area contributed by atoms with Gasteiger partial charge in [0.2, 0.25) is 0 Å². The van der Waals surface area contributed by atoms with E-state index in [4.69, 9.17) is 12.2 Å². The zero-order valence-electron chi connectivity index (χ0n) is 8.88. The van der Waals surface area contributed by atoms with Crippen LogP contribution in [-0.2, 0) is 0 Å². The van der Waals surface area contributed by atoms with Gasteiger partial charge in [0.25, 0.3) is 0 Å². The van der Waals surface area contributed by atoms with Gasteiger partial charge in [0.1, 0.15) is 0 Å². The lowest BCUT2D eigenvalue weighted by molar-refractivity contribution is 0.243. The molecule has 0 aromatic carbocycles. The Morgan fingerprint density at radius 3 is 3.07 bits per heavy atom. The minimum absolute atomic E-state index is 0.174. The first-order valence-electron chi connectivity index (χ1n) is 5.19. The largest absolute Gasteiger partial charge is 0.338 e. The molecule has 3 nitrogen and oxygen atoms in total. The molecule has 0 spiro atoms. The van der Waals surface area contributed by atoms with Crippen LogP contribution in [0.15, 0.2) is 23.9 Å². The summed E-state index contributed by atoms with van der Waals surface area (Å²) in [6.45, 7) is 2.79. The van der Waals surface area contributed by atoms with E-state index in [2.05, 4.69) is 17.6 Å². The van der Waals surface area contributed by atoms with E-state index >= 15 is 0 Å². The quantitative estimate of drug-likeness (QED) is 0.568. The van der Waals surface area contributed by atoms with E-state index in [1.165, 1.54) is 0 Å². The second-order valence-corrected chi connectivity index (χ2v) is 3.86. The Morgan fingerprint density at radius 1 is 1.60 bits per heavy atom. The van der Waals surface area contributed by atoms with Crippen LogP contribution in [0.4, 0.5) is 4.79 Å². The van der Waals surface area contributed by atoms with Crippen molar-refractivity contribution in [3.05, 3.63) is 23.9 Å². The molecule has 1 aliphatic carbocycles. The van der Waals surface area contributed by atoms with Crippen molar-refractivity contribution in [2.24, 2.45) is 0 Å². The second kappa shape index (κ2) is 6.35. The lowest BCUT2D eigenvalue weighted by Crippen LogP contribution is -2.37. The minimum Gasteiger partial charge on any atom is -0.338 e. The summed E-state index contributed by atoms with van der Waals surface area (Å²) < 4.78 is 0. The number of thiocarbonyl (C=S) groups is 1. The van der Waals surface area contributed by atoms with Gasteiger partial charge in [0.05, 0.1) is 5.70 Å². The van der Waals surface area contributed by atoms with E-state index in [1.54, 1.807) is 0 Å². The number of hydrogen-bond donors (Lipinski definition) is 2. The van der Waals surface area contributed by atoms with E-state index < -0.39 is 0 Å². The van der Waals surface area contributed by atoms with Crippen molar-refractivity contribution in [2.75, 3.05) is 6.54 Å². The van der Waals surface area contributed by atoms with Crippen LogP contribution in [0.5, 0.6) is 0 Å². The molecule has 1 rings (SSSR count). The molecule has 0 aliphatic heterocycles. The number of urea groups is 1. The molecule has 0 radical (unpaired) electrons. The van der Waals surface area contributed by atoms with Gasteiger partial charge in [-0.25, -0.2) is 4.79 Å². The third-order valence-corrected chi connectivity index (χ3v) is 2.45. The molecule has 0 heterocycles. The van der Waals surface area contributed by atoms with Gasteiger partial charge >= 0.3 is 6.03 Å². The van der Waals surface area contributed by atoms with E-state index in [0.29, 0.717) is 6.54 Å². The fourth-order valence-electron chi connectivity index (χ4n) is 1.20. The fraction of sp³-hybridized carbons (Fsp3) is 0.455. The molecule has 2 N–H and O–H groups in total. The average molecular weight is 224 g/mol. The summed E-state index contributed by atoms with van der Waals surface area (Å²) in [6.07, 6.45) is 8.50. The van der Waals surface area contributed by atoms with E-state index in [1.807, 2.05) is 18.2 Å². The van der Waals surface area contributed by atoms with Gasteiger partial charge in [0.15, 0.2) is 0 Å². The SMILES string of the molecule is CCCCNC(=O)NC1=CC=CCC1=S. The zero-order valence-corrected chi connectivity index (χ0v) is 9.69. The fourth-order valence-corrected chi connectivity index (χ4v) is 1.41. The molecular weight excluding hydrogens is 208 g/mol. The van der Waals surface area contributed by atoms with Crippen molar-refractivity contribution >= 4 is 23.1 Å². The maximum Gasteiger partial charge on any atom is 0.319 e. The first-order valence-corrected chi connectivity index (χ1v) is 5.59. The molecule has 4 heteroatoms. The number of amides is 2. The molecule has 0 aromatic heterocycles. The van der Waals surface area contributed by atoms with Crippen molar-refractivity contribution in [1.29, 1.82) is 0 Å². The smallest absolute Gasteiger partial charge is 0.319 e. The molecule has 0 unspecified atom stereocenters. The molecule has 0 bridgehead atoms. The van der Waals surface area contributed by atoms with Crippen LogP contribution in [0.3, 0.4) is 0 Å². The normalized spacial score (nSPS) is 14.7. The highest BCUT2D eigenvalue weighted by atomic mass is 32.1. The Kier molecular flexibility index (Phi) is 5.04. The van der Waals surface area contributed by atoms with Crippen LogP contribution in [0.1, 0.15) is 26.2 Å². The van der Waals surface area contributed by atoms with E-state index in [-0.39, 0.29) is 6.03 Å². The lowest BCUT2D eigenvalue weighted by atomic mass is 10.1. The molecule has 0 aromatic rings. The highest BCUT2D eigenvalue weighted by Crippen LogP contribution is 2.06. The Labute approximate surface area is 95.6 Å². The Balaban J connectivity index is 2.34. The predicted molar refractivity (Wildman–Crippen MR) is 65.9 cm³/mol. The summed E-state index contributed by atoms with van der Waals surface area (Å²) >= 11 is 5.12. The van der Waals surface area contributed by atoms with Gasteiger partial charge in [-0.05, 0) is 12.5 Å². The van der Waals surface area contributed by atoms with E-state index in [0.717, 1.165) is 29.8 Å². The van der Waals surface area contributed by atoms with Crippen LogP contribution in [-0.4, -0.2) is 17.4 Å². The van der Waals surface area contributed by atoms with Gasteiger partial charge in [-0.2, -0.15) is 0 Å². The Morgan fingerprint density at radius 2 is 2.40 bits per heavy atom.